The van der Waals surface area contributed by atoms with Gasteiger partial charge in [0.05, 0.1) is 29.1 Å². The van der Waals surface area contributed by atoms with E-state index in [1.165, 1.54) is 6.07 Å². The molecule has 4 aromatic heterocycles. The smallest absolute Gasteiger partial charge is 0.344 e. The highest BCUT2D eigenvalue weighted by atomic mass is 19.4. The third-order valence-electron chi connectivity index (χ3n) is 5.19. The molecule has 0 aromatic carbocycles. The summed E-state index contributed by atoms with van der Waals surface area (Å²) < 4.78 is 56.2. The number of rotatable bonds is 3. The van der Waals surface area contributed by atoms with Crippen molar-refractivity contribution in [2.75, 3.05) is 0 Å². The highest BCUT2D eigenvalue weighted by Crippen LogP contribution is 2.34. The van der Waals surface area contributed by atoms with Crippen molar-refractivity contribution in [3.8, 4) is 11.3 Å². The maximum atomic E-state index is 14.2. The Balaban J connectivity index is 1.41. The van der Waals surface area contributed by atoms with Crippen LogP contribution in [0.4, 0.5) is 17.6 Å². The summed E-state index contributed by atoms with van der Waals surface area (Å²) >= 11 is 0. The average molecular weight is 430 g/mol. The van der Waals surface area contributed by atoms with Crippen LogP contribution in [0.15, 0.2) is 48.9 Å². The lowest BCUT2D eigenvalue weighted by Crippen LogP contribution is -2.27. The minimum atomic E-state index is -4.70. The maximum Gasteiger partial charge on any atom is 0.433 e. The number of halogens is 4. The molecule has 1 atom stereocenters. The van der Waals surface area contributed by atoms with E-state index in [-0.39, 0.29) is 17.2 Å². The van der Waals surface area contributed by atoms with Gasteiger partial charge in [-0.15, -0.1) is 0 Å². The summed E-state index contributed by atoms with van der Waals surface area (Å²) in [4.78, 5) is 15.8. The van der Waals surface area contributed by atoms with E-state index in [1.807, 2.05) is 0 Å². The molecule has 1 unspecified atom stereocenters. The lowest BCUT2D eigenvalue weighted by Gasteiger charge is -2.12. The molecule has 1 aliphatic rings. The van der Waals surface area contributed by atoms with E-state index in [0.29, 0.717) is 36.5 Å². The Labute approximate surface area is 172 Å². The molecule has 7 nitrogen and oxygen atoms in total. The number of nitrogens with zero attached hydrogens (tertiary/aromatic N) is 5. The van der Waals surface area contributed by atoms with Crippen molar-refractivity contribution in [3.63, 3.8) is 0 Å². The van der Waals surface area contributed by atoms with Crippen molar-refractivity contribution in [2.45, 2.75) is 25.2 Å². The zero-order valence-corrected chi connectivity index (χ0v) is 15.8. The second kappa shape index (κ2) is 6.89. The van der Waals surface area contributed by atoms with Crippen LogP contribution < -0.4 is 5.32 Å². The van der Waals surface area contributed by atoms with Crippen LogP contribution in [0.5, 0.6) is 0 Å². The third kappa shape index (κ3) is 3.41. The molecule has 0 saturated carbocycles. The summed E-state index contributed by atoms with van der Waals surface area (Å²) in [5.41, 5.74) is 0.373. The Morgan fingerprint density at radius 3 is 2.84 bits per heavy atom. The lowest BCUT2D eigenvalue weighted by molar-refractivity contribution is -0.141. The topological polar surface area (TPSA) is 77.1 Å². The molecule has 0 aliphatic carbocycles. The molecule has 4 aromatic rings. The van der Waals surface area contributed by atoms with E-state index >= 15 is 0 Å². The number of nitrogens with one attached hydrogen (secondary N) is 1. The Kier molecular flexibility index (Phi) is 4.27. The van der Waals surface area contributed by atoms with E-state index in [1.54, 1.807) is 39.8 Å². The van der Waals surface area contributed by atoms with Gasteiger partial charge in [-0.3, -0.25) is 9.48 Å². The quantitative estimate of drug-likeness (QED) is 0.504. The molecule has 5 heterocycles. The van der Waals surface area contributed by atoms with Gasteiger partial charge >= 0.3 is 6.18 Å². The van der Waals surface area contributed by atoms with Gasteiger partial charge in [0.15, 0.2) is 5.82 Å². The van der Waals surface area contributed by atoms with Crippen molar-refractivity contribution >= 4 is 11.4 Å². The summed E-state index contributed by atoms with van der Waals surface area (Å²) in [5, 5.41) is 11.2. The van der Waals surface area contributed by atoms with Gasteiger partial charge in [-0.25, -0.2) is 13.9 Å². The van der Waals surface area contributed by atoms with Crippen molar-refractivity contribution in [1.82, 2.24) is 29.7 Å². The molecule has 1 aliphatic heterocycles. The van der Waals surface area contributed by atoms with Crippen LogP contribution in [0.25, 0.3) is 16.8 Å². The van der Waals surface area contributed by atoms with Gasteiger partial charge in [0, 0.05) is 30.1 Å². The first kappa shape index (κ1) is 19.2. The van der Waals surface area contributed by atoms with Crippen LogP contribution in [0.3, 0.4) is 0 Å². The van der Waals surface area contributed by atoms with E-state index < -0.39 is 23.7 Å². The molecule has 5 rings (SSSR count). The van der Waals surface area contributed by atoms with Gasteiger partial charge in [-0.1, -0.05) is 0 Å². The van der Waals surface area contributed by atoms with E-state index in [9.17, 15) is 22.4 Å². The molecule has 0 radical (unpaired) electrons. The first-order valence-corrected chi connectivity index (χ1v) is 9.35. The van der Waals surface area contributed by atoms with E-state index in [2.05, 4.69) is 20.5 Å². The Hall–Kier alpha value is -3.76. The van der Waals surface area contributed by atoms with Crippen LogP contribution in [0.2, 0.25) is 0 Å². The lowest BCUT2D eigenvalue weighted by atomic mass is 10.1. The Morgan fingerprint density at radius 2 is 2.03 bits per heavy atom. The average Bonchev–Trinajstić information content (AvgIpc) is 3.43. The number of hydrogen-bond acceptors (Lipinski definition) is 4. The molecule has 1 amide bonds. The minimum Gasteiger partial charge on any atom is -0.344 e. The summed E-state index contributed by atoms with van der Waals surface area (Å²) in [6.07, 6.45) is -0.301. The summed E-state index contributed by atoms with van der Waals surface area (Å²) in [6.45, 7) is 0.445. The molecular weight excluding hydrogens is 416 g/mol. The number of hydrogen-bond donors (Lipinski definition) is 1. The summed E-state index contributed by atoms with van der Waals surface area (Å²) in [7, 11) is 0. The van der Waals surface area contributed by atoms with E-state index in [0.717, 1.165) is 5.52 Å². The minimum absolute atomic E-state index is 0.0556. The van der Waals surface area contributed by atoms with Crippen molar-refractivity contribution in [2.24, 2.45) is 0 Å². The molecule has 0 saturated heterocycles. The van der Waals surface area contributed by atoms with Gasteiger partial charge in [-0.2, -0.15) is 23.4 Å². The largest absolute Gasteiger partial charge is 0.433 e. The standard InChI is InChI=1S/C20H14F4N6O/c21-14-10-25-18(20(22,23)24)8-13(14)16-9-17-15(3-6-30(17)28-16)27-19(31)11-2-5-29-12(7-11)1-4-26-29/h1-2,4-5,7-10,15H,3,6H2,(H,27,31). The first-order chi connectivity index (χ1) is 14.8. The molecular formula is C20H14F4N6O. The van der Waals surface area contributed by atoms with E-state index in [4.69, 9.17) is 0 Å². The fraction of sp³-hybridized carbons (Fsp3) is 0.200. The molecule has 1 N–H and O–H groups in total. The van der Waals surface area contributed by atoms with Gasteiger partial charge in [0.1, 0.15) is 5.69 Å². The molecule has 0 fully saturated rings. The third-order valence-corrected chi connectivity index (χ3v) is 5.19. The van der Waals surface area contributed by atoms with Gasteiger partial charge in [0.2, 0.25) is 0 Å². The zero-order chi connectivity index (χ0) is 21.8. The number of amides is 1. The number of carbonyl (C=O) groups is 1. The molecule has 31 heavy (non-hydrogen) atoms. The van der Waals surface area contributed by atoms with Crippen LogP contribution >= 0.6 is 0 Å². The fourth-order valence-corrected chi connectivity index (χ4v) is 3.66. The Bertz CT molecular complexity index is 1310. The number of aryl methyl sites for hydroxylation is 1. The van der Waals surface area contributed by atoms with Crippen molar-refractivity contribution in [3.05, 3.63) is 71.7 Å². The maximum absolute atomic E-state index is 14.2. The Morgan fingerprint density at radius 1 is 1.19 bits per heavy atom. The van der Waals surface area contributed by atoms with Gasteiger partial charge in [0.25, 0.3) is 5.91 Å². The van der Waals surface area contributed by atoms with Crippen LogP contribution in [-0.4, -0.2) is 30.3 Å². The normalized spacial score (nSPS) is 15.9. The second-order valence-electron chi connectivity index (χ2n) is 7.16. The number of carbonyl (C=O) groups excluding carboxylic acids is 1. The highest BCUT2D eigenvalue weighted by Gasteiger charge is 2.34. The van der Waals surface area contributed by atoms with Crippen molar-refractivity contribution in [1.29, 1.82) is 0 Å². The fourth-order valence-electron chi connectivity index (χ4n) is 3.66. The predicted octanol–water partition coefficient (Wildman–Crippen LogP) is 3.63. The predicted molar refractivity (Wildman–Crippen MR) is 100 cm³/mol. The van der Waals surface area contributed by atoms with Gasteiger partial charge in [-0.05, 0) is 36.8 Å². The number of alkyl halides is 3. The SMILES string of the molecule is O=C(NC1CCn2nc(-c3cc(C(F)(F)F)ncc3F)cc21)c1ccn2nccc2c1. The second-order valence-corrected chi connectivity index (χ2v) is 7.16. The molecule has 11 heteroatoms. The zero-order valence-electron chi connectivity index (χ0n) is 15.8. The summed E-state index contributed by atoms with van der Waals surface area (Å²) in [6, 6.07) is 6.84. The number of aromatic nitrogens is 5. The van der Waals surface area contributed by atoms with Crippen LogP contribution in [0.1, 0.15) is 34.2 Å². The first-order valence-electron chi connectivity index (χ1n) is 9.35. The number of pyridine rings is 2. The van der Waals surface area contributed by atoms with Gasteiger partial charge < -0.3 is 5.32 Å². The molecule has 0 spiro atoms. The van der Waals surface area contributed by atoms with Crippen LogP contribution in [0, 0.1) is 5.82 Å². The molecule has 158 valence electrons. The highest BCUT2D eigenvalue weighted by molar-refractivity contribution is 5.95. The van der Waals surface area contributed by atoms with Crippen molar-refractivity contribution < 1.29 is 22.4 Å². The number of fused-ring (bicyclic) bond motifs is 2. The van der Waals surface area contributed by atoms with Crippen LogP contribution in [-0.2, 0) is 12.7 Å². The monoisotopic (exact) mass is 430 g/mol. The summed E-state index contributed by atoms with van der Waals surface area (Å²) in [5.74, 6) is -1.21. The molecule has 0 bridgehead atoms.